The number of carbonyl (C=O) groups is 2. The van der Waals surface area contributed by atoms with Crippen molar-refractivity contribution in [1.82, 2.24) is 4.90 Å². The minimum atomic E-state index is -0.862. The Kier molecular flexibility index (Phi) is 4.55. The number of nitrogens with zero attached hydrogens (tertiary/aromatic N) is 1. The molecule has 1 aliphatic rings. The van der Waals surface area contributed by atoms with Crippen molar-refractivity contribution in [3.05, 3.63) is 33.9 Å². The van der Waals surface area contributed by atoms with Gasteiger partial charge in [-0.25, -0.2) is 9.18 Å². The van der Waals surface area contributed by atoms with E-state index in [4.69, 9.17) is 16.3 Å². The standard InChI is InChI=1S/C16H15ClFNO3S/c1-9(15(20)19-6-2-3-7-19)22-16(21)14-13(17)11-5-4-10(18)8-12(11)23-14/h4-5,8-9H,2-3,6-7H2,1H3/t9-/m1/s1. The predicted molar refractivity (Wildman–Crippen MR) is 87.5 cm³/mol. The van der Waals surface area contributed by atoms with Gasteiger partial charge in [0.1, 0.15) is 10.7 Å². The summed E-state index contributed by atoms with van der Waals surface area (Å²) >= 11 is 7.25. The smallest absolute Gasteiger partial charge is 0.350 e. The summed E-state index contributed by atoms with van der Waals surface area (Å²) in [7, 11) is 0. The third kappa shape index (κ3) is 3.19. The average Bonchev–Trinajstić information content (AvgIpc) is 3.14. The van der Waals surface area contributed by atoms with Crippen LogP contribution in [0.15, 0.2) is 18.2 Å². The van der Waals surface area contributed by atoms with Crippen LogP contribution in [0.2, 0.25) is 5.02 Å². The van der Waals surface area contributed by atoms with Gasteiger partial charge in [0.15, 0.2) is 6.10 Å². The number of rotatable bonds is 3. The van der Waals surface area contributed by atoms with E-state index in [1.54, 1.807) is 11.8 Å². The lowest BCUT2D eigenvalue weighted by molar-refractivity contribution is -0.138. The Morgan fingerprint density at radius 2 is 2.04 bits per heavy atom. The van der Waals surface area contributed by atoms with Gasteiger partial charge in [-0.1, -0.05) is 11.6 Å². The quantitative estimate of drug-likeness (QED) is 0.785. The van der Waals surface area contributed by atoms with Gasteiger partial charge in [-0.3, -0.25) is 4.79 Å². The highest BCUT2D eigenvalue weighted by Crippen LogP contribution is 2.36. The minimum Gasteiger partial charge on any atom is -0.448 e. The summed E-state index contributed by atoms with van der Waals surface area (Å²) in [5.41, 5.74) is 0. The minimum absolute atomic E-state index is 0.188. The number of fused-ring (bicyclic) bond motifs is 1. The van der Waals surface area contributed by atoms with Crippen LogP contribution in [0, 0.1) is 5.82 Å². The molecule has 7 heteroatoms. The Hall–Kier alpha value is -1.66. The molecule has 2 aromatic rings. The molecular formula is C16H15ClFNO3S. The summed E-state index contributed by atoms with van der Waals surface area (Å²) in [6.07, 6.45) is 1.08. The molecule has 1 saturated heterocycles. The van der Waals surface area contributed by atoms with E-state index in [0.717, 1.165) is 24.2 Å². The van der Waals surface area contributed by atoms with Crippen molar-refractivity contribution in [3.8, 4) is 0 Å². The van der Waals surface area contributed by atoms with E-state index >= 15 is 0 Å². The SMILES string of the molecule is C[C@@H](OC(=O)c1sc2cc(F)ccc2c1Cl)C(=O)N1CCCC1. The first kappa shape index (κ1) is 16.2. The fraction of sp³-hybridized carbons (Fsp3) is 0.375. The maximum atomic E-state index is 13.3. The summed E-state index contributed by atoms with van der Waals surface area (Å²) in [5, 5.41) is 0.833. The lowest BCUT2D eigenvalue weighted by atomic mass is 10.2. The number of ether oxygens (including phenoxy) is 1. The number of benzene rings is 1. The third-order valence-electron chi connectivity index (χ3n) is 3.83. The number of halogens is 2. The average molecular weight is 356 g/mol. The van der Waals surface area contributed by atoms with E-state index in [9.17, 15) is 14.0 Å². The van der Waals surface area contributed by atoms with Gasteiger partial charge in [-0.2, -0.15) is 0 Å². The van der Waals surface area contributed by atoms with Crippen molar-refractivity contribution in [2.45, 2.75) is 25.9 Å². The number of esters is 1. The highest BCUT2D eigenvalue weighted by atomic mass is 35.5. The molecule has 0 radical (unpaired) electrons. The van der Waals surface area contributed by atoms with Crippen molar-refractivity contribution < 1.29 is 18.7 Å². The lowest BCUT2D eigenvalue weighted by Crippen LogP contribution is -2.38. The van der Waals surface area contributed by atoms with Crippen molar-refractivity contribution in [3.63, 3.8) is 0 Å². The Labute approximate surface area is 141 Å². The van der Waals surface area contributed by atoms with Crippen molar-refractivity contribution in [1.29, 1.82) is 0 Å². The molecule has 4 nitrogen and oxygen atoms in total. The number of amides is 1. The maximum Gasteiger partial charge on any atom is 0.350 e. The van der Waals surface area contributed by atoms with Gasteiger partial charge in [0.05, 0.1) is 5.02 Å². The van der Waals surface area contributed by atoms with E-state index in [0.29, 0.717) is 23.2 Å². The molecule has 122 valence electrons. The topological polar surface area (TPSA) is 46.6 Å². The molecule has 1 fully saturated rings. The number of likely N-dealkylation sites (tertiary alicyclic amines) is 1. The van der Waals surface area contributed by atoms with Gasteiger partial charge in [0, 0.05) is 23.2 Å². The molecule has 0 aliphatic carbocycles. The zero-order chi connectivity index (χ0) is 16.6. The van der Waals surface area contributed by atoms with E-state index < -0.39 is 17.9 Å². The van der Waals surface area contributed by atoms with Gasteiger partial charge < -0.3 is 9.64 Å². The number of hydrogen-bond acceptors (Lipinski definition) is 4. The summed E-state index contributed by atoms with van der Waals surface area (Å²) in [6.45, 7) is 2.95. The van der Waals surface area contributed by atoms with Crippen LogP contribution in [0.1, 0.15) is 29.4 Å². The van der Waals surface area contributed by atoms with Gasteiger partial charge in [0.25, 0.3) is 5.91 Å². The monoisotopic (exact) mass is 355 g/mol. The van der Waals surface area contributed by atoms with Crippen LogP contribution in [-0.4, -0.2) is 36.0 Å². The second kappa shape index (κ2) is 6.45. The highest BCUT2D eigenvalue weighted by molar-refractivity contribution is 7.21. The van der Waals surface area contributed by atoms with E-state index in [1.165, 1.54) is 18.2 Å². The third-order valence-corrected chi connectivity index (χ3v) is 5.46. The van der Waals surface area contributed by atoms with Crippen LogP contribution in [-0.2, 0) is 9.53 Å². The second-order valence-corrected chi connectivity index (χ2v) is 6.90. The Morgan fingerprint density at radius 1 is 1.35 bits per heavy atom. The first-order valence-electron chi connectivity index (χ1n) is 7.34. The summed E-state index contributed by atoms with van der Waals surface area (Å²) in [5.74, 6) is -1.25. The molecule has 0 unspecified atom stereocenters. The fourth-order valence-corrected chi connectivity index (χ4v) is 4.05. The molecule has 0 N–H and O–H groups in total. The lowest BCUT2D eigenvalue weighted by Gasteiger charge is -2.20. The molecule has 1 aliphatic heterocycles. The Morgan fingerprint density at radius 3 is 2.74 bits per heavy atom. The molecule has 23 heavy (non-hydrogen) atoms. The van der Waals surface area contributed by atoms with Crippen LogP contribution < -0.4 is 0 Å². The van der Waals surface area contributed by atoms with Crippen molar-refractivity contribution in [2.75, 3.05) is 13.1 Å². The summed E-state index contributed by atoms with van der Waals surface area (Å²) in [4.78, 5) is 26.4. The molecule has 2 heterocycles. The van der Waals surface area contributed by atoms with Gasteiger partial charge >= 0.3 is 5.97 Å². The molecule has 1 amide bonds. The van der Waals surface area contributed by atoms with Crippen LogP contribution in [0.4, 0.5) is 4.39 Å². The molecule has 1 aromatic carbocycles. The first-order valence-corrected chi connectivity index (χ1v) is 8.54. The van der Waals surface area contributed by atoms with Crippen LogP contribution in [0.5, 0.6) is 0 Å². The Balaban J connectivity index is 1.77. The van der Waals surface area contributed by atoms with Crippen molar-refractivity contribution in [2.24, 2.45) is 0 Å². The summed E-state index contributed by atoms with van der Waals surface area (Å²) in [6, 6.07) is 4.14. The summed E-state index contributed by atoms with van der Waals surface area (Å²) < 4.78 is 19.1. The largest absolute Gasteiger partial charge is 0.448 e. The van der Waals surface area contributed by atoms with Crippen LogP contribution in [0.3, 0.4) is 0 Å². The molecule has 0 spiro atoms. The molecule has 1 aromatic heterocycles. The first-order chi connectivity index (χ1) is 11.0. The van der Waals surface area contributed by atoms with Gasteiger partial charge in [-0.05, 0) is 38.0 Å². The molecule has 0 bridgehead atoms. The highest BCUT2D eigenvalue weighted by Gasteiger charge is 2.28. The maximum absolute atomic E-state index is 13.3. The van der Waals surface area contributed by atoms with E-state index in [-0.39, 0.29) is 15.8 Å². The van der Waals surface area contributed by atoms with Crippen LogP contribution in [0.25, 0.3) is 10.1 Å². The molecule has 0 saturated carbocycles. The zero-order valence-electron chi connectivity index (χ0n) is 12.5. The zero-order valence-corrected chi connectivity index (χ0v) is 14.0. The van der Waals surface area contributed by atoms with E-state index in [2.05, 4.69) is 0 Å². The molecular weight excluding hydrogens is 341 g/mol. The second-order valence-electron chi connectivity index (χ2n) is 5.47. The number of thiophene rings is 1. The predicted octanol–water partition coefficient (Wildman–Crippen LogP) is 3.86. The number of carbonyl (C=O) groups excluding carboxylic acids is 2. The van der Waals surface area contributed by atoms with Crippen molar-refractivity contribution >= 4 is 44.9 Å². The fourth-order valence-electron chi connectivity index (χ4n) is 2.63. The van der Waals surface area contributed by atoms with E-state index in [1.807, 2.05) is 0 Å². The number of hydrogen-bond donors (Lipinski definition) is 0. The normalized spacial score (nSPS) is 15.9. The van der Waals surface area contributed by atoms with Gasteiger partial charge in [-0.15, -0.1) is 11.3 Å². The van der Waals surface area contributed by atoms with Crippen LogP contribution >= 0.6 is 22.9 Å². The van der Waals surface area contributed by atoms with Gasteiger partial charge in [0.2, 0.25) is 0 Å². The Bertz CT molecular complexity index is 770. The molecule has 3 rings (SSSR count). The molecule has 1 atom stereocenters.